The molecular weight excluding hydrogens is 676 g/mol. The predicted octanol–water partition coefficient (Wildman–Crippen LogP) is 5.57. The Morgan fingerprint density at radius 2 is 0.566 bits per heavy atom. The van der Waals surface area contributed by atoms with Gasteiger partial charge in [0.2, 0.25) is 0 Å². The SMILES string of the molecule is OCCOCCOCCOCCOCCOCCOCCOCCOCCOc1ccc(C(c2ccccc2)(c2ccccc2)c2ccccc2)cc1. The van der Waals surface area contributed by atoms with Crippen LogP contribution in [0.5, 0.6) is 5.75 Å². The van der Waals surface area contributed by atoms with E-state index in [1.165, 1.54) is 22.3 Å². The van der Waals surface area contributed by atoms with E-state index in [0.717, 1.165) is 5.75 Å². The Morgan fingerprint density at radius 3 is 0.868 bits per heavy atom. The van der Waals surface area contributed by atoms with Crippen molar-refractivity contribution < 1.29 is 47.7 Å². The van der Waals surface area contributed by atoms with Crippen LogP contribution in [0, 0.1) is 0 Å². The summed E-state index contributed by atoms with van der Waals surface area (Å²) >= 11 is 0. The van der Waals surface area contributed by atoms with Gasteiger partial charge < -0.3 is 47.7 Å². The van der Waals surface area contributed by atoms with Gasteiger partial charge in [0.15, 0.2) is 0 Å². The van der Waals surface area contributed by atoms with Crippen LogP contribution in [-0.4, -0.2) is 124 Å². The summed E-state index contributed by atoms with van der Waals surface area (Å²) in [5.74, 6) is 0.798. The van der Waals surface area contributed by atoms with Crippen LogP contribution in [0.25, 0.3) is 0 Å². The van der Waals surface area contributed by atoms with Gasteiger partial charge in [0, 0.05) is 0 Å². The standard InChI is InChI=1S/C43H56O10/c44-20-21-45-22-23-46-24-25-47-26-27-48-28-29-49-30-31-50-32-33-51-34-35-52-36-37-53-42-18-16-41(17-19-42)43(38-10-4-1-5-11-38,39-12-6-2-7-13-39)40-14-8-3-9-15-40/h1-19,44H,20-37H2. The predicted molar refractivity (Wildman–Crippen MR) is 204 cm³/mol. The molecule has 10 nitrogen and oxygen atoms in total. The normalized spacial score (nSPS) is 11.6. The van der Waals surface area contributed by atoms with Crippen molar-refractivity contribution in [1.29, 1.82) is 0 Å². The number of ether oxygens (including phenoxy) is 9. The minimum absolute atomic E-state index is 0.0237. The van der Waals surface area contributed by atoms with Crippen LogP contribution in [0.1, 0.15) is 22.3 Å². The molecule has 0 heterocycles. The molecule has 288 valence electrons. The number of aliphatic hydroxyl groups is 1. The molecule has 10 heteroatoms. The van der Waals surface area contributed by atoms with Gasteiger partial charge in [0.1, 0.15) is 12.4 Å². The van der Waals surface area contributed by atoms with Crippen molar-refractivity contribution in [1.82, 2.24) is 0 Å². The average molecular weight is 733 g/mol. The second-order valence-corrected chi connectivity index (χ2v) is 11.8. The fourth-order valence-corrected chi connectivity index (χ4v) is 5.79. The van der Waals surface area contributed by atoms with E-state index in [9.17, 15) is 0 Å². The summed E-state index contributed by atoms with van der Waals surface area (Å²) in [6.07, 6.45) is 0. The monoisotopic (exact) mass is 732 g/mol. The molecule has 4 aromatic rings. The zero-order valence-electron chi connectivity index (χ0n) is 30.8. The maximum Gasteiger partial charge on any atom is 0.119 e. The Hall–Kier alpha value is -3.68. The van der Waals surface area contributed by atoms with Crippen LogP contribution in [-0.2, 0) is 43.3 Å². The topological polar surface area (TPSA) is 103 Å². The number of aliphatic hydroxyl groups excluding tert-OH is 1. The van der Waals surface area contributed by atoms with Gasteiger partial charge in [0.05, 0.1) is 118 Å². The molecule has 4 aromatic carbocycles. The maximum atomic E-state index is 8.61. The summed E-state index contributed by atoms with van der Waals surface area (Å²) in [5.41, 5.74) is 4.30. The van der Waals surface area contributed by atoms with E-state index >= 15 is 0 Å². The molecule has 0 spiro atoms. The summed E-state index contributed by atoms with van der Waals surface area (Å²) in [6.45, 7) is 8.20. The van der Waals surface area contributed by atoms with Crippen LogP contribution in [0.15, 0.2) is 115 Å². The molecule has 0 bridgehead atoms. The molecule has 0 aliphatic rings. The molecule has 0 atom stereocenters. The van der Waals surface area contributed by atoms with Crippen molar-refractivity contribution in [3.8, 4) is 5.75 Å². The molecule has 0 aromatic heterocycles. The summed E-state index contributed by atoms with van der Waals surface area (Å²) in [6, 6.07) is 40.4. The minimum Gasteiger partial charge on any atom is -0.491 e. The third-order valence-corrected chi connectivity index (χ3v) is 8.24. The van der Waals surface area contributed by atoms with Gasteiger partial charge in [-0.15, -0.1) is 0 Å². The highest BCUT2D eigenvalue weighted by molar-refractivity contribution is 5.60. The van der Waals surface area contributed by atoms with Crippen molar-refractivity contribution in [3.63, 3.8) is 0 Å². The summed E-state index contributed by atoms with van der Waals surface area (Å²) in [4.78, 5) is 0. The lowest BCUT2D eigenvalue weighted by atomic mass is 9.65. The maximum absolute atomic E-state index is 8.61. The van der Waals surface area contributed by atoms with Crippen molar-refractivity contribution in [2.24, 2.45) is 0 Å². The lowest BCUT2D eigenvalue weighted by Gasteiger charge is -2.36. The van der Waals surface area contributed by atoms with E-state index in [4.69, 9.17) is 47.7 Å². The highest BCUT2D eigenvalue weighted by atomic mass is 16.6. The van der Waals surface area contributed by atoms with E-state index in [-0.39, 0.29) is 6.61 Å². The van der Waals surface area contributed by atoms with Crippen LogP contribution < -0.4 is 4.74 Å². The first-order valence-corrected chi connectivity index (χ1v) is 18.5. The number of rotatable bonds is 31. The zero-order valence-corrected chi connectivity index (χ0v) is 30.8. The number of benzene rings is 4. The van der Waals surface area contributed by atoms with E-state index < -0.39 is 5.41 Å². The summed E-state index contributed by atoms with van der Waals surface area (Å²) < 4.78 is 49.7. The number of hydrogen-bond acceptors (Lipinski definition) is 10. The second kappa shape index (κ2) is 27.0. The van der Waals surface area contributed by atoms with Gasteiger partial charge in [-0.3, -0.25) is 0 Å². The first-order valence-electron chi connectivity index (χ1n) is 18.5. The molecule has 1 N–H and O–H groups in total. The highest BCUT2D eigenvalue weighted by Crippen LogP contribution is 2.45. The molecule has 4 rings (SSSR count). The van der Waals surface area contributed by atoms with E-state index in [0.29, 0.717) is 112 Å². The van der Waals surface area contributed by atoms with Gasteiger partial charge in [-0.1, -0.05) is 103 Å². The fraction of sp³-hybridized carbons (Fsp3) is 0.442. The lowest BCUT2D eigenvalue weighted by molar-refractivity contribution is -0.0242. The van der Waals surface area contributed by atoms with Crippen LogP contribution >= 0.6 is 0 Å². The van der Waals surface area contributed by atoms with Gasteiger partial charge in [-0.2, -0.15) is 0 Å². The Balaban J connectivity index is 1.01. The quantitative estimate of drug-likeness (QED) is 0.0522. The molecule has 0 radical (unpaired) electrons. The first kappa shape index (κ1) is 42.1. The van der Waals surface area contributed by atoms with Crippen molar-refractivity contribution in [3.05, 3.63) is 138 Å². The smallest absolute Gasteiger partial charge is 0.119 e. The third-order valence-electron chi connectivity index (χ3n) is 8.24. The summed E-state index contributed by atoms with van der Waals surface area (Å²) in [7, 11) is 0. The Bertz CT molecular complexity index is 1330. The molecule has 0 aliphatic carbocycles. The Labute approximate surface area is 314 Å². The van der Waals surface area contributed by atoms with E-state index in [1.54, 1.807) is 0 Å². The fourth-order valence-electron chi connectivity index (χ4n) is 5.79. The molecule has 53 heavy (non-hydrogen) atoms. The Kier molecular flexibility index (Phi) is 21.4. The zero-order chi connectivity index (χ0) is 36.9. The van der Waals surface area contributed by atoms with Gasteiger partial charge in [-0.25, -0.2) is 0 Å². The molecule has 0 fully saturated rings. The van der Waals surface area contributed by atoms with Gasteiger partial charge in [-0.05, 0) is 34.4 Å². The first-order chi connectivity index (χ1) is 26.4. The van der Waals surface area contributed by atoms with Gasteiger partial charge in [0.25, 0.3) is 0 Å². The number of hydrogen-bond donors (Lipinski definition) is 1. The lowest BCUT2D eigenvalue weighted by Crippen LogP contribution is -2.30. The van der Waals surface area contributed by atoms with Crippen LogP contribution in [0.4, 0.5) is 0 Å². The molecule has 0 saturated carbocycles. The van der Waals surface area contributed by atoms with Crippen LogP contribution in [0.3, 0.4) is 0 Å². The highest BCUT2D eigenvalue weighted by Gasteiger charge is 2.38. The average Bonchev–Trinajstić information content (AvgIpc) is 3.21. The van der Waals surface area contributed by atoms with Crippen molar-refractivity contribution >= 4 is 0 Å². The molecule has 0 saturated heterocycles. The molecular formula is C43H56O10. The molecule has 0 aliphatic heterocycles. The van der Waals surface area contributed by atoms with Gasteiger partial charge >= 0.3 is 0 Å². The molecule has 0 amide bonds. The molecule has 0 unspecified atom stereocenters. The Morgan fingerprint density at radius 1 is 0.302 bits per heavy atom. The summed E-state index contributed by atoms with van der Waals surface area (Å²) in [5, 5.41) is 8.61. The van der Waals surface area contributed by atoms with Crippen LogP contribution in [0.2, 0.25) is 0 Å². The van der Waals surface area contributed by atoms with E-state index in [1.807, 2.05) is 12.1 Å². The van der Waals surface area contributed by atoms with E-state index in [2.05, 4.69) is 103 Å². The van der Waals surface area contributed by atoms with Crippen molar-refractivity contribution in [2.45, 2.75) is 5.41 Å². The largest absolute Gasteiger partial charge is 0.491 e. The minimum atomic E-state index is -0.479. The second-order valence-electron chi connectivity index (χ2n) is 11.8. The third kappa shape index (κ3) is 15.3. The van der Waals surface area contributed by atoms with Crippen molar-refractivity contribution in [2.75, 3.05) is 119 Å².